The fraction of sp³-hybridized carbons (Fsp3) is 0.609. The van der Waals surface area contributed by atoms with Crippen LogP contribution in [0.3, 0.4) is 0 Å². The number of aliphatic imine (C=N–C) groups is 1. The van der Waals surface area contributed by atoms with Gasteiger partial charge in [0, 0.05) is 42.7 Å². The summed E-state index contributed by atoms with van der Waals surface area (Å²) in [4.78, 5) is 31.0. The quantitative estimate of drug-likeness (QED) is 0.821. The molecule has 1 aromatic carbocycles. The van der Waals surface area contributed by atoms with Gasteiger partial charge in [-0.15, -0.1) is 0 Å². The number of fused-ring (bicyclic) bond motifs is 1. The molecule has 2 atom stereocenters. The van der Waals surface area contributed by atoms with Gasteiger partial charge in [-0.1, -0.05) is 26.8 Å². The van der Waals surface area contributed by atoms with Crippen LogP contribution in [0.2, 0.25) is 0 Å². The molecule has 29 heavy (non-hydrogen) atoms. The number of ether oxygens (including phenoxy) is 1. The molecule has 0 spiro atoms. The molecule has 0 saturated carbocycles. The van der Waals surface area contributed by atoms with E-state index in [9.17, 15) is 14.7 Å². The lowest BCUT2D eigenvalue weighted by atomic mass is 9.77. The molecule has 0 aliphatic carbocycles. The number of methoxy groups -OCH3 is 1. The van der Waals surface area contributed by atoms with Gasteiger partial charge < -0.3 is 14.7 Å². The van der Waals surface area contributed by atoms with E-state index in [1.807, 2.05) is 37.8 Å². The lowest BCUT2D eigenvalue weighted by molar-refractivity contribution is -0.143. The van der Waals surface area contributed by atoms with Crippen molar-refractivity contribution in [3.05, 3.63) is 29.3 Å². The first-order chi connectivity index (χ1) is 13.7. The molecule has 2 aliphatic rings. The number of carbonyl (C=O) groups is 2. The van der Waals surface area contributed by atoms with Crippen LogP contribution in [0, 0.1) is 17.3 Å². The fourth-order valence-electron chi connectivity index (χ4n) is 4.45. The van der Waals surface area contributed by atoms with Gasteiger partial charge in [-0.05, 0) is 48.8 Å². The molecule has 1 saturated heterocycles. The van der Waals surface area contributed by atoms with Crippen molar-refractivity contribution in [2.24, 2.45) is 22.2 Å². The first kappa shape index (κ1) is 21.3. The van der Waals surface area contributed by atoms with Crippen LogP contribution < -0.4 is 4.74 Å². The van der Waals surface area contributed by atoms with Gasteiger partial charge in [-0.25, -0.2) is 0 Å². The Balaban J connectivity index is 1.84. The van der Waals surface area contributed by atoms with E-state index in [0.717, 1.165) is 36.4 Å². The smallest absolute Gasteiger partial charge is 0.303 e. The van der Waals surface area contributed by atoms with Gasteiger partial charge in [0.1, 0.15) is 5.75 Å². The molecular formula is C23H32N2O4. The van der Waals surface area contributed by atoms with Gasteiger partial charge in [-0.3, -0.25) is 14.6 Å². The summed E-state index contributed by atoms with van der Waals surface area (Å²) in [7, 11) is 1.65. The summed E-state index contributed by atoms with van der Waals surface area (Å²) in [6.07, 6.45) is 2.45. The SMILES string of the molecule is COc1ccc2c(c1)C(CC1CN(C(=O)C(C)(C)C)CCC1CC(=O)O)=NCC2. The Kier molecular flexibility index (Phi) is 6.30. The van der Waals surface area contributed by atoms with Crippen molar-refractivity contribution in [1.82, 2.24) is 4.90 Å². The minimum Gasteiger partial charge on any atom is -0.497 e. The highest BCUT2D eigenvalue weighted by Crippen LogP contribution is 2.34. The molecule has 0 aromatic heterocycles. The van der Waals surface area contributed by atoms with Crippen LogP contribution in [0.4, 0.5) is 0 Å². The summed E-state index contributed by atoms with van der Waals surface area (Å²) in [6.45, 7) is 7.76. The van der Waals surface area contributed by atoms with Gasteiger partial charge in [0.05, 0.1) is 7.11 Å². The van der Waals surface area contributed by atoms with E-state index >= 15 is 0 Å². The van der Waals surface area contributed by atoms with Gasteiger partial charge in [0.15, 0.2) is 0 Å². The molecule has 1 N–H and O–H groups in total. The summed E-state index contributed by atoms with van der Waals surface area (Å²) < 4.78 is 5.39. The molecule has 2 aliphatic heterocycles. The van der Waals surface area contributed by atoms with E-state index in [0.29, 0.717) is 19.5 Å². The summed E-state index contributed by atoms with van der Waals surface area (Å²) in [5, 5.41) is 9.39. The third kappa shape index (κ3) is 4.98. The molecule has 6 nitrogen and oxygen atoms in total. The Morgan fingerprint density at radius 2 is 2.03 bits per heavy atom. The maximum Gasteiger partial charge on any atom is 0.303 e. The Hall–Kier alpha value is -2.37. The van der Waals surface area contributed by atoms with E-state index in [1.165, 1.54) is 5.56 Å². The number of carboxylic acid groups (broad SMARTS) is 1. The maximum absolute atomic E-state index is 12.8. The van der Waals surface area contributed by atoms with E-state index in [1.54, 1.807) is 7.11 Å². The molecule has 3 rings (SSSR count). The highest BCUT2D eigenvalue weighted by Gasteiger charge is 2.37. The summed E-state index contributed by atoms with van der Waals surface area (Å²) in [5.74, 6) is 0.290. The number of hydrogen-bond donors (Lipinski definition) is 1. The van der Waals surface area contributed by atoms with Crippen LogP contribution in [-0.4, -0.2) is 54.3 Å². The second-order valence-electron chi connectivity index (χ2n) is 9.21. The first-order valence-corrected chi connectivity index (χ1v) is 10.4. The van der Waals surface area contributed by atoms with Crippen molar-refractivity contribution in [3.8, 4) is 5.75 Å². The van der Waals surface area contributed by atoms with E-state index in [-0.39, 0.29) is 24.2 Å². The second-order valence-corrected chi connectivity index (χ2v) is 9.21. The van der Waals surface area contributed by atoms with Crippen LogP contribution in [-0.2, 0) is 16.0 Å². The maximum atomic E-state index is 12.8. The zero-order chi connectivity index (χ0) is 21.2. The third-order valence-electron chi connectivity index (χ3n) is 6.02. The monoisotopic (exact) mass is 400 g/mol. The van der Waals surface area contributed by atoms with Crippen LogP contribution in [0.15, 0.2) is 23.2 Å². The van der Waals surface area contributed by atoms with Crippen molar-refractivity contribution in [2.45, 2.75) is 46.5 Å². The van der Waals surface area contributed by atoms with E-state index < -0.39 is 11.4 Å². The normalized spacial score (nSPS) is 21.9. The average Bonchev–Trinajstić information content (AvgIpc) is 2.67. The Morgan fingerprint density at radius 1 is 1.28 bits per heavy atom. The largest absolute Gasteiger partial charge is 0.497 e. The average molecular weight is 401 g/mol. The molecule has 1 aromatic rings. The van der Waals surface area contributed by atoms with Crippen molar-refractivity contribution in [2.75, 3.05) is 26.7 Å². The molecule has 1 amide bonds. The van der Waals surface area contributed by atoms with E-state index in [4.69, 9.17) is 9.73 Å². The minimum absolute atomic E-state index is 0.0511. The van der Waals surface area contributed by atoms with Crippen LogP contribution in [0.5, 0.6) is 5.75 Å². The van der Waals surface area contributed by atoms with Crippen molar-refractivity contribution < 1.29 is 19.4 Å². The number of piperidine rings is 1. The standard InChI is InChI=1S/C23H32N2O4/c1-23(2,3)22(28)25-10-8-16(12-21(26)27)17(14-25)11-20-19-13-18(29-4)6-5-15(19)7-9-24-20/h5-6,13,16-17H,7-12,14H2,1-4H3,(H,26,27). The number of aliphatic carboxylic acids is 1. The second kappa shape index (κ2) is 8.56. The van der Waals surface area contributed by atoms with E-state index in [2.05, 4.69) is 6.07 Å². The summed E-state index contributed by atoms with van der Waals surface area (Å²) >= 11 is 0. The lowest BCUT2D eigenvalue weighted by Gasteiger charge is -2.41. The van der Waals surface area contributed by atoms with Crippen molar-refractivity contribution >= 4 is 17.6 Å². The van der Waals surface area contributed by atoms with Gasteiger partial charge >= 0.3 is 5.97 Å². The Labute approximate surface area is 173 Å². The van der Waals surface area contributed by atoms with Gasteiger partial charge in [0.2, 0.25) is 5.91 Å². The summed E-state index contributed by atoms with van der Waals surface area (Å²) in [5.41, 5.74) is 2.93. The zero-order valence-corrected chi connectivity index (χ0v) is 17.9. The number of carboxylic acids is 1. The highest BCUT2D eigenvalue weighted by atomic mass is 16.5. The van der Waals surface area contributed by atoms with Crippen LogP contribution >= 0.6 is 0 Å². The summed E-state index contributed by atoms with van der Waals surface area (Å²) in [6, 6.07) is 6.09. The number of hydrogen-bond acceptors (Lipinski definition) is 4. The molecule has 2 heterocycles. The Bertz CT molecular complexity index is 810. The number of benzene rings is 1. The molecular weight excluding hydrogens is 368 g/mol. The molecule has 158 valence electrons. The van der Waals surface area contributed by atoms with Crippen LogP contribution in [0.25, 0.3) is 0 Å². The van der Waals surface area contributed by atoms with Crippen LogP contribution in [0.1, 0.15) is 51.2 Å². The van der Waals surface area contributed by atoms with Gasteiger partial charge in [0.25, 0.3) is 0 Å². The highest BCUT2D eigenvalue weighted by molar-refractivity contribution is 6.03. The third-order valence-corrected chi connectivity index (χ3v) is 6.02. The lowest BCUT2D eigenvalue weighted by Crippen LogP contribution is -2.48. The topological polar surface area (TPSA) is 79.2 Å². The molecule has 2 unspecified atom stereocenters. The van der Waals surface area contributed by atoms with Crippen molar-refractivity contribution in [1.29, 1.82) is 0 Å². The minimum atomic E-state index is -0.775. The Morgan fingerprint density at radius 3 is 2.69 bits per heavy atom. The first-order valence-electron chi connectivity index (χ1n) is 10.4. The number of likely N-dealkylation sites (tertiary alicyclic amines) is 1. The van der Waals surface area contributed by atoms with Crippen molar-refractivity contribution in [3.63, 3.8) is 0 Å². The molecule has 6 heteroatoms. The number of nitrogens with zero attached hydrogens (tertiary/aromatic N) is 2. The molecule has 0 bridgehead atoms. The fourth-order valence-corrected chi connectivity index (χ4v) is 4.45. The zero-order valence-electron chi connectivity index (χ0n) is 17.9. The molecule has 0 radical (unpaired) electrons. The number of carbonyl (C=O) groups excluding carboxylic acids is 1. The number of rotatable bonds is 5. The predicted molar refractivity (Wildman–Crippen MR) is 113 cm³/mol. The predicted octanol–water partition coefficient (Wildman–Crippen LogP) is 3.42. The number of amides is 1. The van der Waals surface area contributed by atoms with Gasteiger partial charge in [-0.2, -0.15) is 0 Å². The molecule has 1 fully saturated rings.